The second-order valence-corrected chi connectivity index (χ2v) is 23.5. The van der Waals surface area contributed by atoms with Crippen molar-refractivity contribution in [3.63, 3.8) is 0 Å². The molecule has 12 atom stereocenters. The van der Waals surface area contributed by atoms with Crippen LogP contribution in [0.1, 0.15) is 239 Å². The van der Waals surface area contributed by atoms with Crippen LogP contribution in [0.15, 0.2) is 122 Å². The first kappa shape index (κ1) is 79.5. The van der Waals surface area contributed by atoms with Crippen LogP contribution in [0.2, 0.25) is 0 Å². The average molecular weight is 1220 g/mol. The van der Waals surface area contributed by atoms with Crippen molar-refractivity contribution in [2.24, 2.45) is 0 Å². The van der Waals surface area contributed by atoms with E-state index in [0.29, 0.717) is 12.8 Å². The minimum atomic E-state index is -1.80. The van der Waals surface area contributed by atoms with Crippen LogP contribution in [0, 0.1) is 0 Å². The Morgan fingerprint density at radius 1 is 0.425 bits per heavy atom. The van der Waals surface area contributed by atoms with Crippen LogP contribution in [0.3, 0.4) is 0 Å². The summed E-state index contributed by atoms with van der Waals surface area (Å²) in [6, 6.07) is -0.967. The Morgan fingerprint density at radius 2 is 0.805 bits per heavy atom. The fraction of sp³-hybridized carbons (Fsp3) is 0.712. The van der Waals surface area contributed by atoms with Crippen molar-refractivity contribution in [2.75, 3.05) is 19.8 Å². The van der Waals surface area contributed by atoms with E-state index in [0.717, 1.165) is 89.9 Å². The van der Waals surface area contributed by atoms with Gasteiger partial charge in [-0.3, -0.25) is 4.79 Å². The SMILES string of the molecule is CC/C=C\C/C=C\C/C=C\C/C=C\C/C=C\C/C=C\C/C=C\CCCCCC(=O)NC(COC1OC(CO)C(OC2OC(CO)C(O)C(O)C2O)C(O)C1O)C(O)/C=C/CC/C=C/CC/C=C/CCCCCCCCCCCCCCCCCCCC. The number of unbranched alkanes of at least 4 members (excludes halogenated alkanes) is 23. The van der Waals surface area contributed by atoms with E-state index in [4.69, 9.17) is 18.9 Å². The highest BCUT2D eigenvalue weighted by Crippen LogP contribution is 2.30. The van der Waals surface area contributed by atoms with Crippen LogP contribution in [-0.2, 0) is 23.7 Å². The summed E-state index contributed by atoms with van der Waals surface area (Å²) in [5.74, 6) is -0.289. The molecule has 87 heavy (non-hydrogen) atoms. The van der Waals surface area contributed by atoms with Crippen LogP contribution in [0.25, 0.3) is 0 Å². The second kappa shape index (κ2) is 56.4. The Bertz CT molecular complexity index is 1920. The maximum absolute atomic E-state index is 13.3. The van der Waals surface area contributed by atoms with E-state index in [1.165, 1.54) is 116 Å². The number of carbonyl (C=O) groups is 1. The van der Waals surface area contributed by atoms with E-state index >= 15 is 0 Å². The maximum atomic E-state index is 13.3. The standard InChI is InChI=1S/C73H123NO13/c1-3-5-7-9-11-13-15-17-19-21-23-25-27-29-30-31-33-34-36-38-40-42-44-46-48-50-52-54-56-62(77)61(60-84-72-70(83)68(81)71(64(59-76)86-72)87-73-69(82)67(80)66(79)63(58-75)85-73)74-65(78)57-55-53-51-49-47-45-43-41-39-37-35-32-28-26-24-22-20-18-16-14-12-10-8-6-4-2/h6,8,12,14,18,20,24,26,32,35,38-41,45-48,54,56,61-64,66-73,75-77,79-83H,3-5,7,9-11,13,15-17,19,21-23,25,27-31,33-34,36-37,42-44,49-53,55,57-60H2,1-2H3,(H,74,78)/b8-6-,14-12-,20-18-,26-24-,35-32-,40-38+,41-39-,47-45-,48-46+,56-54+. The molecule has 1 amide bonds. The molecule has 2 rings (SSSR count). The highest BCUT2D eigenvalue weighted by Gasteiger charge is 2.51. The van der Waals surface area contributed by atoms with E-state index in [1.807, 2.05) is 6.08 Å². The van der Waals surface area contributed by atoms with Crippen molar-refractivity contribution < 1.29 is 64.6 Å². The summed E-state index contributed by atoms with van der Waals surface area (Å²) in [5.41, 5.74) is 0. The summed E-state index contributed by atoms with van der Waals surface area (Å²) in [5, 5.41) is 87.3. The van der Waals surface area contributed by atoms with Crippen molar-refractivity contribution >= 4 is 5.91 Å². The lowest BCUT2D eigenvalue weighted by atomic mass is 9.97. The molecule has 0 aliphatic carbocycles. The number of aliphatic hydroxyl groups excluding tert-OH is 8. The zero-order valence-electron chi connectivity index (χ0n) is 54.0. The number of nitrogens with one attached hydrogen (secondary N) is 1. The molecule has 14 heteroatoms. The predicted molar refractivity (Wildman–Crippen MR) is 355 cm³/mol. The number of amides is 1. The summed E-state index contributed by atoms with van der Waals surface area (Å²) >= 11 is 0. The van der Waals surface area contributed by atoms with E-state index in [-0.39, 0.29) is 18.9 Å². The summed E-state index contributed by atoms with van der Waals surface area (Å²) in [6.07, 6.45) is 65.4. The highest BCUT2D eigenvalue weighted by atomic mass is 16.7. The van der Waals surface area contributed by atoms with E-state index in [2.05, 4.69) is 129 Å². The van der Waals surface area contributed by atoms with E-state index in [9.17, 15) is 45.6 Å². The third-order valence-electron chi connectivity index (χ3n) is 15.9. The Hall–Kier alpha value is -3.61. The van der Waals surface area contributed by atoms with Gasteiger partial charge in [-0.25, -0.2) is 0 Å². The molecule has 12 unspecified atom stereocenters. The zero-order valence-corrected chi connectivity index (χ0v) is 54.0. The van der Waals surface area contributed by atoms with E-state index in [1.54, 1.807) is 6.08 Å². The van der Waals surface area contributed by atoms with Crippen LogP contribution in [0.4, 0.5) is 0 Å². The third kappa shape index (κ3) is 40.7. The monoisotopic (exact) mass is 1220 g/mol. The van der Waals surface area contributed by atoms with Gasteiger partial charge in [0.1, 0.15) is 48.8 Å². The van der Waals surface area contributed by atoms with Crippen LogP contribution < -0.4 is 5.32 Å². The van der Waals surface area contributed by atoms with Crippen LogP contribution in [-0.4, -0.2) is 140 Å². The van der Waals surface area contributed by atoms with Gasteiger partial charge >= 0.3 is 0 Å². The van der Waals surface area contributed by atoms with Gasteiger partial charge in [-0.2, -0.15) is 0 Å². The van der Waals surface area contributed by atoms with Gasteiger partial charge in [0.05, 0.1) is 32.0 Å². The molecule has 9 N–H and O–H groups in total. The van der Waals surface area contributed by atoms with Gasteiger partial charge in [0, 0.05) is 6.42 Å². The lowest BCUT2D eigenvalue weighted by Gasteiger charge is -2.46. The lowest BCUT2D eigenvalue weighted by Crippen LogP contribution is -2.65. The number of rotatable bonds is 54. The van der Waals surface area contributed by atoms with Crippen molar-refractivity contribution in [1.82, 2.24) is 5.32 Å². The molecular weight excluding hydrogens is 1100 g/mol. The molecule has 498 valence electrons. The molecule has 0 spiro atoms. The normalized spacial score (nSPS) is 24.1. The predicted octanol–water partition coefficient (Wildman–Crippen LogP) is 13.7. The van der Waals surface area contributed by atoms with Crippen molar-refractivity contribution in [3.8, 4) is 0 Å². The van der Waals surface area contributed by atoms with Gasteiger partial charge in [0.25, 0.3) is 0 Å². The number of hydrogen-bond acceptors (Lipinski definition) is 13. The molecule has 2 saturated heterocycles. The Balaban J connectivity index is 1.75. The quantitative estimate of drug-likeness (QED) is 0.0204. The number of allylic oxidation sites excluding steroid dienone is 19. The Kier molecular flexibility index (Phi) is 51.5. The van der Waals surface area contributed by atoms with Gasteiger partial charge in [0.15, 0.2) is 12.6 Å². The Labute approximate surface area is 527 Å². The van der Waals surface area contributed by atoms with Gasteiger partial charge in [-0.1, -0.05) is 251 Å². The molecule has 0 radical (unpaired) electrons. The van der Waals surface area contributed by atoms with Crippen molar-refractivity contribution in [2.45, 2.75) is 312 Å². The molecule has 2 heterocycles. The summed E-state index contributed by atoms with van der Waals surface area (Å²) < 4.78 is 22.8. The summed E-state index contributed by atoms with van der Waals surface area (Å²) in [6.45, 7) is 2.64. The number of carbonyl (C=O) groups excluding carboxylic acids is 1. The lowest BCUT2D eigenvalue weighted by molar-refractivity contribution is -0.359. The fourth-order valence-electron chi connectivity index (χ4n) is 10.4. The van der Waals surface area contributed by atoms with E-state index < -0.39 is 86.8 Å². The first-order valence-corrected chi connectivity index (χ1v) is 34.3. The molecule has 14 nitrogen and oxygen atoms in total. The summed E-state index contributed by atoms with van der Waals surface area (Å²) in [4.78, 5) is 13.3. The van der Waals surface area contributed by atoms with Crippen LogP contribution >= 0.6 is 0 Å². The molecule has 0 aromatic carbocycles. The highest BCUT2D eigenvalue weighted by molar-refractivity contribution is 5.76. The summed E-state index contributed by atoms with van der Waals surface area (Å²) in [7, 11) is 0. The number of ether oxygens (including phenoxy) is 4. The molecular formula is C73H123NO13. The smallest absolute Gasteiger partial charge is 0.220 e. The maximum Gasteiger partial charge on any atom is 0.220 e. The molecule has 2 aliphatic heterocycles. The first-order valence-electron chi connectivity index (χ1n) is 34.3. The largest absolute Gasteiger partial charge is 0.394 e. The molecule has 0 bridgehead atoms. The second-order valence-electron chi connectivity index (χ2n) is 23.5. The molecule has 0 aromatic heterocycles. The van der Waals surface area contributed by atoms with Crippen LogP contribution in [0.5, 0.6) is 0 Å². The molecule has 2 aliphatic rings. The zero-order chi connectivity index (χ0) is 63.1. The molecule has 0 aromatic rings. The average Bonchev–Trinajstić information content (AvgIpc) is 2.50. The topological polar surface area (TPSA) is 228 Å². The third-order valence-corrected chi connectivity index (χ3v) is 15.9. The molecule has 2 fully saturated rings. The minimum absolute atomic E-state index is 0.222. The van der Waals surface area contributed by atoms with Gasteiger partial charge in [0.2, 0.25) is 5.91 Å². The van der Waals surface area contributed by atoms with Crippen molar-refractivity contribution in [3.05, 3.63) is 122 Å². The fourth-order valence-corrected chi connectivity index (χ4v) is 10.4. The molecule has 0 saturated carbocycles. The number of aliphatic hydroxyl groups is 8. The minimum Gasteiger partial charge on any atom is -0.394 e. The number of hydrogen-bond donors (Lipinski definition) is 9. The van der Waals surface area contributed by atoms with Gasteiger partial charge in [-0.05, 0) is 103 Å². The van der Waals surface area contributed by atoms with Gasteiger partial charge in [-0.15, -0.1) is 0 Å². The van der Waals surface area contributed by atoms with Crippen molar-refractivity contribution in [1.29, 1.82) is 0 Å². The van der Waals surface area contributed by atoms with Gasteiger partial charge < -0.3 is 65.1 Å². The Morgan fingerprint density at radius 3 is 1.26 bits per heavy atom. The first-order chi connectivity index (χ1) is 42.6.